The van der Waals surface area contributed by atoms with Crippen LogP contribution in [0.2, 0.25) is 0 Å². The number of benzene rings is 2. The molecule has 0 amide bonds. The van der Waals surface area contributed by atoms with Crippen LogP contribution in [0.1, 0.15) is 5.56 Å². The highest BCUT2D eigenvalue weighted by Crippen LogP contribution is 2.35. The highest BCUT2D eigenvalue weighted by atomic mass is 79.9. The van der Waals surface area contributed by atoms with Crippen LogP contribution in [0.5, 0.6) is 5.75 Å². The molecule has 1 aromatic heterocycles. The standard InChI is InChI=1S/C17H13BrF2N2O2S2/c1-23-13-8-10(2-7-14(13)26-16(19)20)9-25-17-22-21-15(24-17)11-3-5-12(18)6-4-11/h2-8,16H,9H2,1H3. The topological polar surface area (TPSA) is 48.2 Å². The van der Waals surface area contributed by atoms with Gasteiger partial charge in [0.2, 0.25) is 5.89 Å². The molecule has 0 aliphatic heterocycles. The Hall–Kier alpha value is -1.58. The Bertz CT molecular complexity index is 875. The number of ether oxygens (including phenoxy) is 1. The van der Waals surface area contributed by atoms with Crippen LogP contribution in [-0.2, 0) is 5.75 Å². The molecule has 2 aromatic carbocycles. The minimum absolute atomic E-state index is 0.409. The summed E-state index contributed by atoms with van der Waals surface area (Å²) in [5.74, 6) is -1.06. The van der Waals surface area contributed by atoms with Crippen molar-refractivity contribution in [3.8, 4) is 17.2 Å². The van der Waals surface area contributed by atoms with Crippen molar-refractivity contribution in [2.75, 3.05) is 7.11 Å². The van der Waals surface area contributed by atoms with E-state index in [0.717, 1.165) is 15.6 Å². The molecule has 0 saturated heterocycles. The van der Waals surface area contributed by atoms with E-state index in [1.807, 2.05) is 24.3 Å². The fourth-order valence-corrected chi connectivity index (χ4v) is 3.68. The summed E-state index contributed by atoms with van der Waals surface area (Å²) in [5, 5.41) is 8.51. The lowest BCUT2D eigenvalue weighted by Crippen LogP contribution is -1.91. The minimum atomic E-state index is -2.49. The first-order chi connectivity index (χ1) is 12.5. The molecular weight excluding hydrogens is 446 g/mol. The van der Waals surface area contributed by atoms with Crippen LogP contribution in [0.4, 0.5) is 8.78 Å². The number of rotatable bonds is 7. The summed E-state index contributed by atoms with van der Waals surface area (Å²) in [7, 11) is 1.46. The van der Waals surface area contributed by atoms with Crippen LogP contribution >= 0.6 is 39.5 Å². The van der Waals surface area contributed by atoms with E-state index in [0.29, 0.717) is 39.3 Å². The van der Waals surface area contributed by atoms with Gasteiger partial charge in [-0.15, -0.1) is 10.2 Å². The molecule has 3 aromatic rings. The van der Waals surface area contributed by atoms with Crippen LogP contribution in [0.15, 0.2) is 61.5 Å². The Morgan fingerprint density at radius 3 is 2.62 bits per heavy atom. The molecule has 0 atom stereocenters. The molecule has 4 nitrogen and oxygen atoms in total. The van der Waals surface area contributed by atoms with Gasteiger partial charge in [-0.1, -0.05) is 45.5 Å². The van der Waals surface area contributed by atoms with E-state index in [2.05, 4.69) is 26.1 Å². The predicted molar refractivity (Wildman–Crippen MR) is 102 cm³/mol. The van der Waals surface area contributed by atoms with Gasteiger partial charge in [-0.25, -0.2) is 0 Å². The zero-order valence-corrected chi connectivity index (χ0v) is 16.7. The maximum Gasteiger partial charge on any atom is 0.289 e. The lowest BCUT2D eigenvalue weighted by Gasteiger charge is -2.09. The van der Waals surface area contributed by atoms with E-state index < -0.39 is 5.76 Å². The summed E-state index contributed by atoms with van der Waals surface area (Å²) in [4.78, 5) is 0.409. The van der Waals surface area contributed by atoms with Gasteiger partial charge in [0.15, 0.2) is 0 Å². The Morgan fingerprint density at radius 1 is 1.15 bits per heavy atom. The molecular formula is C17H13BrF2N2O2S2. The van der Waals surface area contributed by atoms with Crippen LogP contribution in [0, 0.1) is 0 Å². The Morgan fingerprint density at radius 2 is 1.92 bits per heavy atom. The summed E-state index contributed by atoms with van der Waals surface area (Å²) in [6, 6.07) is 12.7. The van der Waals surface area contributed by atoms with E-state index in [4.69, 9.17) is 9.15 Å². The van der Waals surface area contributed by atoms with Gasteiger partial charge in [-0.2, -0.15) is 8.78 Å². The van der Waals surface area contributed by atoms with Crippen molar-refractivity contribution in [1.29, 1.82) is 0 Å². The zero-order chi connectivity index (χ0) is 18.5. The Labute approximate surface area is 165 Å². The van der Waals surface area contributed by atoms with Crippen LogP contribution in [-0.4, -0.2) is 23.1 Å². The first-order valence-electron chi connectivity index (χ1n) is 7.39. The molecule has 0 aliphatic carbocycles. The van der Waals surface area contributed by atoms with Crippen LogP contribution < -0.4 is 4.74 Å². The van der Waals surface area contributed by atoms with Crippen molar-refractivity contribution in [2.45, 2.75) is 21.6 Å². The summed E-state index contributed by atoms with van der Waals surface area (Å²) >= 11 is 5.22. The molecule has 9 heteroatoms. The lowest BCUT2D eigenvalue weighted by atomic mass is 10.2. The van der Waals surface area contributed by atoms with Crippen molar-refractivity contribution in [1.82, 2.24) is 10.2 Å². The second-order valence-electron chi connectivity index (χ2n) is 5.03. The SMILES string of the molecule is COc1cc(CSc2nnc(-c3ccc(Br)cc3)o2)ccc1SC(F)F. The molecule has 1 heterocycles. The molecule has 0 radical (unpaired) electrons. The second kappa shape index (κ2) is 8.88. The van der Waals surface area contributed by atoms with E-state index >= 15 is 0 Å². The average Bonchev–Trinajstić information content (AvgIpc) is 3.10. The zero-order valence-electron chi connectivity index (χ0n) is 13.5. The second-order valence-corrected chi connectivity index (χ2v) is 7.91. The van der Waals surface area contributed by atoms with E-state index in [-0.39, 0.29) is 0 Å². The molecule has 136 valence electrons. The van der Waals surface area contributed by atoms with Gasteiger partial charge in [0, 0.05) is 15.8 Å². The largest absolute Gasteiger partial charge is 0.496 e. The van der Waals surface area contributed by atoms with Crippen molar-refractivity contribution < 1.29 is 17.9 Å². The number of aromatic nitrogens is 2. The minimum Gasteiger partial charge on any atom is -0.496 e. The summed E-state index contributed by atoms with van der Waals surface area (Å²) in [6.45, 7) is 0. The number of nitrogens with zero attached hydrogens (tertiary/aromatic N) is 2. The third-order valence-corrected chi connectivity index (χ3v) is 5.49. The third kappa shape index (κ3) is 4.99. The molecule has 26 heavy (non-hydrogen) atoms. The van der Waals surface area contributed by atoms with Gasteiger partial charge < -0.3 is 9.15 Å². The Kier molecular flexibility index (Phi) is 6.55. The maximum absolute atomic E-state index is 12.5. The quantitative estimate of drug-likeness (QED) is 0.397. The molecule has 0 spiro atoms. The number of hydrogen-bond donors (Lipinski definition) is 0. The summed E-state index contributed by atoms with van der Waals surface area (Å²) in [5.41, 5.74) is 1.75. The van der Waals surface area contributed by atoms with Gasteiger partial charge in [-0.3, -0.25) is 0 Å². The van der Waals surface area contributed by atoms with Crippen molar-refractivity contribution in [3.05, 3.63) is 52.5 Å². The first kappa shape index (κ1) is 19.2. The summed E-state index contributed by atoms with van der Waals surface area (Å²) < 4.78 is 36.9. The van der Waals surface area contributed by atoms with E-state index in [1.54, 1.807) is 18.2 Å². The Balaban J connectivity index is 1.66. The number of thioether (sulfide) groups is 2. The molecule has 0 bridgehead atoms. The van der Waals surface area contributed by atoms with Crippen molar-refractivity contribution in [3.63, 3.8) is 0 Å². The van der Waals surface area contributed by atoms with E-state index in [9.17, 15) is 8.78 Å². The highest BCUT2D eigenvalue weighted by molar-refractivity contribution is 9.10. The number of halogens is 3. The van der Waals surface area contributed by atoms with Crippen LogP contribution in [0.3, 0.4) is 0 Å². The monoisotopic (exact) mass is 458 g/mol. The molecule has 3 rings (SSSR count). The highest BCUT2D eigenvalue weighted by Gasteiger charge is 2.13. The van der Waals surface area contributed by atoms with Gasteiger partial charge >= 0.3 is 0 Å². The lowest BCUT2D eigenvalue weighted by molar-refractivity contribution is 0.251. The first-order valence-corrected chi connectivity index (χ1v) is 10.0. The van der Waals surface area contributed by atoms with E-state index in [1.165, 1.54) is 18.9 Å². The van der Waals surface area contributed by atoms with Crippen molar-refractivity contribution >= 4 is 39.5 Å². The van der Waals surface area contributed by atoms with Gasteiger partial charge in [0.1, 0.15) is 5.75 Å². The predicted octanol–water partition coefficient (Wildman–Crippen LogP) is 6.11. The van der Waals surface area contributed by atoms with Gasteiger partial charge in [0.05, 0.1) is 12.0 Å². The fraction of sp³-hybridized carbons (Fsp3) is 0.176. The number of methoxy groups -OCH3 is 1. The molecule has 0 fully saturated rings. The molecule has 0 N–H and O–H groups in total. The smallest absolute Gasteiger partial charge is 0.289 e. The normalized spacial score (nSPS) is 11.1. The van der Waals surface area contributed by atoms with Crippen LogP contribution in [0.25, 0.3) is 11.5 Å². The maximum atomic E-state index is 12.5. The number of alkyl halides is 2. The average molecular weight is 459 g/mol. The molecule has 0 unspecified atom stereocenters. The van der Waals surface area contributed by atoms with Gasteiger partial charge in [-0.05, 0) is 42.0 Å². The summed E-state index contributed by atoms with van der Waals surface area (Å²) in [6.07, 6.45) is 0. The van der Waals surface area contributed by atoms with Crippen molar-refractivity contribution in [2.24, 2.45) is 0 Å². The molecule has 0 saturated carbocycles. The third-order valence-electron chi connectivity index (χ3n) is 3.30. The van der Waals surface area contributed by atoms with Gasteiger partial charge in [0.25, 0.3) is 11.0 Å². The number of hydrogen-bond acceptors (Lipinski definition) is 6. The molecule has 0 aliphatic rings. The fourth-order valence-electron chi connectivity index (χ4n) is 2.12.